The number of anilines is 2. The average molecular weight is 375 g/mol. The van der Waals surface area contributed by atoms with Crippen LogP contribution >= 0.6 is 0 Å². The van der Waals surface area contributed by atoms with E-state index in [-0.39, 0.29) is 5.91 Å². The molecule has 2 N–H and O–H groups in total. The normalized spacial score (nSPS) is 10.4. The molecule has 0 aliphatic heterocycles. The summed E-state index contributed by atoms with van der Waals surface area (Å²) in [5.41, 5.74) is 5.85. The molecule has 1 aromatic heterocycles. The Hall–Kier alpha value is -3.34. The molecule has 0 saturated carbocycles. The highest BCUT2D eigenvalue weighted by Crippen LogP contribution is 2.20. The summed E-state index contributed by atoms with van der Waals surface area (Å²) in [6.45, 7) is 4.70. The third-order valence-electron chi connectivity index (χ3n) is 4.63. The lowest BCUT2D eigenvalue weighted by atomic mass is 10.1. The van der Waals surface area contributed by atoms with Crippen molar-refractivity contribution >= 4 is 17.3 Å². The van der Waals surface area contributed by atoms with E-state index in [1.54, 1.807) is 19.5 Å². The van der Waals surface area contributed by atoms with E-state index in [0.29, 0.717) is 12.1 Å². The second-order valence-corrected chi connectivity index (χ2v) is 6.74. The molecule has 3 aromatic rings. The Morgan fingerprint density at radius 2 is 1.86 bits per heavy atom. The van der Waals surface area contributed by atoms with Gasteiger partial charge in [0.25, 0.3) is 5.91 Å². The number of methoxy groups -OCH3 is 1. The predicted octanol–water partition coefficient (Wildman–Crippen LogP) is 4.42. The van der Waals surface area contributed by atoms with E-state index in [4.69, 9.17) is 4.74 Å². The molecule has 1 heterocycles. The van der Waals surface area contributed by atoms with Crippen LogP contribution in [-0.4, -0.2) is 24.5 Å². The van der Waals surface area contributed by atoms with Crippen molar-refractivity contribution in [2.24, 2.45) is 0 Å². The smallest absolute Gasteiger partial charge is 0.252 e. The van der Waals surface area contributed by atoms with Crippen LogP contribution in [0.5, 0.6) is 5.75 Å². The highest BCUT2D eigenvalue weighted by atomic mass is 16.5. The molecule has 0 aliphatic carbocycles. The van der Waals surface area contributed by atoms with Crippen LogP contribution in [0.15, 0.2) is 60.9 Å². The van der Waals surface area contributed by atoms with Gasteiger partial charge in [0.15, 0.2) is 0 Å². The number of carbonyl (C=O) groups is 1. The maximum absolute atomic E-state index is 12.5. The highest BCUT2D eigenvalue weighted by Gasteiger charge is 2.07. The van der Waals surface area contributed by atoms with Gasteiger partial charge >= 0.3 is 0 Å². The average Bonchev–Trinajstić information content (AvgIpc) is 2.71. The van der Waals surface area contributed by atoms with E-state index in [0.717, 1.165) is 29.1 Å². The fraction of sp³-hybridized carbons (Fsp3) is 0.217. The SMILES string of the molecule is COc1cccc(CCNC(=O)c2cncc(Nc3ccc(C)c(C)c3)c2)c1. The number of ether oxygens (including phenoxy) is 1. The number of amides is 1. The van der Waals surface area contributed by atoms with Gasteiger partial charge in [-0.1, -0.05) is 18.2 Å². The predicted molar refractivity (Wildman–Crippen MR) is 112 cm³/mol. The molecule has 0 spiro atoms. The van der Waals surface area contributed by atoms with Crippen LogP contribution in [-0.2, 0) is 6.42 Å². The van der Waals surface area contributed by atoms with Crippen molar-refractivity contribution in [2.45, 2.75) is 20.3 Å². The minimum atomic E-state index is -0.140. The van der Waals surface area contributed by atoms with Gasteiger partial charge < -0.3 is 15.4 Å². The van der Waals surface area contributed by atoms with E-state index < -0.39 is 0 Å². The van der Waals surface area contributed by atoms with Crippen molar-refractivity contribution in [3.05, 3.63) is 83.2 Å². The van der Waals surface area contributed by atoms with Crippen LogP contribution < -0.4 is 15.4 Å². The zero-order chi connectivity index (χ0) is 19.9. The molecule has 3 rings (SSSR count). The van der Waals surface area contributed by atoms with Gasteiger partial charge in [0.05, 0.1) is 24.6 Å². The van der Waals surface area contributed by atoms with E-state index >= 15 is 0 Å². The van der Waals surface area contributed by atoms with Crippen LogP contribution in [0.3, 0.4) is 0 Å². The molecule has 1 amide bonds. The van der Waals surface area contributed by atoms with Crippen molar-refractivity contribution < 1.29 is 9.53 Å². The third kappa shape index (κ3) is 5.10. The molecule has 0 fully saturated rings. The summed E-state index contributed by atoms with van der Waals surface area (Å²) in [6, 6.07) is 15.8. The molecule has 0 unspecified atom stereocenters. The van der Waals surface area contributed by atoms with E-state index in [2.05, 4.69) is 41.6 Å². The number of nitrogens with zero attached hydrogens (tertiary/aromatic N) is 1. The summed E-state index contributed by atoms with van der Waals surface area (Å²) in [6.07, 6.45) is 4.02. The Bertz CT molecular complexity index is 970. The minimum absolute atomic E-state index is 0.140. The number of aryl methyl sites for hydroxylation is 2. The largest absolute Gasteiger partial charge is 0.497 e. The standard InChI is InChI=1S/C23H25N3O2/c1-16-7-8-20(11-17(16)2)26-21-13-19(14-24-15-21)23(27)25-10-9-18-5-4-6-22(12-18)28-3/h4-8,11-15,26H,9-10H2,1-3H3,(H,25,27). The minimum Gasteiger partial charge on any atom is -0.497 e. The summed E-state index contributed by atoms with van der Waals surface area (Å²) in [7, 11) is 1.65. The fourth-order valence-electron chi connectivity index (χ4n) is 2.87. The van der Waals surface area contributed by atoms with Crippen molar-refractivity contribution in [2.75, 3.05) is 19.0 Å². The van der Waals surface area contributed by atoms with Crippen molar-refractivity contribution in [1.29, 1.82) is 0 Å². The summed E-state index contributed by atoms with van der Waals surface area (Å²) in [5, 5.41) is 6.25. The van der Waals surface area contributed by atoms with Crippen LogP contribution in [0.1, 0.15) is 27.0 Å². The Morgan fingerprint density at radius 3 is 2.64 bits per heavy atom. The molecule has 5 nitrogen and oxygen atoms in total. The molecule has 0 radical (unpaired) electrons. The number of hydrogen-bond acceptors (Lipinski definition) is 4. The molecule has 0 atom stereocenters. The van der Waals surface area contributed by atoms with Crippen LogP contribution in [0.25, 0.3) is 0 Å². The first-order chi connectivity index (χ1) is 13.5. The lowest BCUT2D eigenvalue weighted by Crippen LogP contribution is -2.25. The van der Waals surface area contributed by atoms with Crippen LogP contribution in [0, 0.1) is 13.8 Å². The number of carbonyl (C=O) groups excluding carboxylic acids is 1. The molecular formula is C23H25N3O2. The number of rotatable bonds is 7. The number of benzene rings is 2. The van der Waals surface area contributed by atoms with Gasteiger partial charge in [-0.05, 0) is 67.3 Å². The Balaban J connectivity index is 1.59. The van der Waals surface area contributed by atoms with Gasteiger partial charge in [-0.25, -0.2) is 0 Å². The zero-order valence-electron chi connectivity index (χ0n) is 16.5. The molecule has 2 aromatic carbocycles. The number of hydrogen-bond donors (Lipinski definition) is 2. The Kier molecular flexibility index (Phi) is 6.27. The van der Waals surface area contributed by atoms with E-state index in [1.165, 1.54) is 11.1 Å². The van der Waals surface area contributed by atoms with E-state index in [1.807, 2.05) is 36.4 Å². The maximum atomic E-state index is 12.5. The molecule has 5 heteroatoms. The summed E-state index contributed by atoms with van der Waals surface area (Å²) in [4.78, 5) is 16.6. The lowest BCUT2D eigenvalue weighted by Gasteiger charge is -2.10. The van der Waals surface area contributed by atoms with Gasteiger partial charge in [-0.3, -0.25) is 9.78 Å². The van der Waals surface area contributed by atoms with Crippen LogP contribution in [0.4, 0.5) is 11.4 Å². The van der Waals surface area contributed by atoms with Crippen molar-refractivity contribution in [1.82, 2.24) is 10.3 Å². The van der Waals surface area contributed by atoms with Crippen molar-refractivity contribution in [3.8, 4) is 5.75 Å². The summed E-state index contributed by atoms with van der Waals surface area (Å²) >= 11 is 0. The first-order valence-corrected chi connectivity index (χ1v) is 9.25. The number of nitrogens with one attached hydrogen (secondary N) is 2. The second-order valence-electron chi connectivity index (χ2n) is 6.74. The third-order valence-corrected chi connectivity index (χ3v) is 4.63. The van der Waals surface area contributed by atoms with Gasteiger partial charge in [-0.2, -0.15) is 0 Å². The molecule has 144 valence electrons. The second kappa shape index (κ2) is 9.04. The number of pyridine rings is 1. The first-order valence-electron chi connectivity index (χ1n) is 9.25. The molecule has 0 bridgehead atoms. The topological polar surface area (TPSA) is 63.2 Å². The molecular weight excluding hydrogens is 350 g/mol. The maximum Gasteiger partial charge on any atom is 0.252 e. The molecule has 0 aliphatic rings. The summed E-state index contributed by atoms with van der Waals surface area (Å²) in [5.74, 6) is 0.678. The Morgan fingerprint density at radius 1 is 1.00 bits per heavy atom. The first kappa shape index (κ1) is 19.4. The van der Waals surface area contributed by atoms with Crippen molar-refractivity contribution in [3.63, 3.8) is 0 Å². The fourth-order valence-corrected chi connectivity index (χ4v) is 2.87. The Labute approximate surface area is 165 Å². The lowest BCUT2D eigenvalue weighted by molar-refractivity contribution is 0.0954. The molecule has 28 heavy (non-hydrogen) atoms. The van der Waals surface area contributed by atoms with Gasteiger partial charge in [0.1, 0.15) is 5.75 Å². The number of aromatic nitrogens is 1. The highest BCUT2D eigenvalue weighted by molar-refractivity contribution is 5.94. The molecule has 0 saturated heterocycles. The van der Waals surface area contributed by atoms with Gasteiger partial charge in [-0.15, -0.1) is 0 Å². The quantitative estimate of drug-likeness (QED) is 0.641. The van der Waals surface area contributed by atoms with Gasteiger partial charge in [0.2, 0.25) is 0 Å². The van der Waals surface area contributed by atoms with Gasteiger partial charge in [0, 0.05) is 18.4 Å². The zero-order valence-corrected chi connectivity index (χ0v) is 16.5. The monoisotopic (exact) mass is 375 g/mol. The van der Waals surface area contributed by atoms with Crippen LogP contribution in [0.2, 0.25) is 0 Å². The summed E-state index contributed by atoms with van der Waals surface area (Å²) < 4.78 is 5.22. The van der Waals surface area contributed by atoms with E-state index in [9.17, 15) is 4.79 Å².